The Bertz CT molecular complexity index is 1350. The Morgan fingerprint density at radius 3 is 2.58 bits per heavy atom. The van der Waals surface area contributed by atoms with Gasteiger partial charge in [-0.05, 0) is 24.1 Å². The van der Waals surface area contributed by atoms with Crippen molar-refractivity contribution in [2.24, 2.45) is 0 Å². The van der Waals surface area contributed by atoms with E-state index in [9.17, 15) is 9.59 Å². The molecule has 0 spiro atoms. The number of hydrogen-bond donors (Lipinski definition) is 0. The van der Waals surface area contributed by atoms with Crippen LogP contribution in [-0.2, 0) is 29.0 Å². The first-order valence-electron chi connectivity index (χ1n) is 10.7. The second-order valence-corrected chi connectivity index (χ2v) is 9.89. The summed E-state index contributed by atoms with van der Waals surface area (Å²) in [5, 5.41) is 0.624. The molecule has 0 saturated heterocycles. The Morgan fingerprint density at radius 2 is 1.85 bits per heavy atom. The molecule has 2 aromatic carbocycles. The van der Waals surface area contributed by atoms with Gasteiger partial charge in [0.1, 0.15) is 10.3 Å². The van der Waals surface area contributed by atoms with Gasteiger partial charge < -0.3 is 4.74 Å². The third-order valence-electron chi connectivity index (χ3n) is 5.71. The Morgan fingerprint density at radius 1 is 1.12 bits per heavy atom. The average Bonchev–Trinajstić information content (AvgIpc) is 3.22. The number of aromatic nitrogens is 2. The number of nitrogens with zero attached hydrogens (tertiary/aromatic N) is 3. The van der Waals surface area contributed by atoms with Crippen LogP contribution in [0.2, 0.25) is 0 Å². The molecular weight excluding hydrogens is 454 g/mol. The lowest BCUT2D eigenvalue weighted by atomic mass is 10.1. The van der Waals surface area contributed by atoms with Gasteiger partial charge in [-0.1, -0.05) is 60.3 Å². The van der Waals surface area contributed by atoms with Gasteiger partial charge in [0.25, 0.3) is 0 Å². The summed E-state index contributed by atoms with van der Waals surface area (Å²) in [5.41, 5.74) is 3.54. The van der Waals surface area contributed by atoms with Crippen molar-refractivity contribution in [1.29, 1.82) is 0 Å². The molecule has 0 saturated carbocycles. The number of carbonyl (C=O) groups is 1. The standard InChI is InChI=1S/C25H23N3O3S2/c1-31-21(29)16-32-25-26-22-23(30)19-12-13-27(14-17-8-4-2-5-9-17)15-20(19)33-24(22)28(25)18-10-6-3-7-11-18/h2-11H,12-16H2,1H3. The fourth-order valence-corrected chi connectivity index (χ4v) is 6.29. The molecule has 2 aromatic heterocycles. The fourth-order valence-electron chi connectivity index (χ4n) is 4.07. The number of benzene rings is 2. The second-order valence-electron chi connectivity index (χ2n) is 7.86. The molecule has 0 fully saturated rings. The smallest absolute Gasteiger partial charge is 0.316 e. The van der Waals surface area contributed by atoms with Gasteiger partial charge in [-0.25, -0.2) is 4.98 Å². The van der Waals surface area contributed by atoms with Crippen LogP contribution in [0.4, 0.5) is 0 Å². The first-order chi connectivity index (χ1) is 16.1. The molecule has 0 aliphatic carbocycles. The highest BCUT2D eigenvalue weighted by Crippen LogP contribution is 2.33. The lowest BCUT2D eigenvalue weighted by molar-refractivity contribution is -0.137. The van der Waals surface area contributed by atoms with Gasteiger partial charge >= 0.3 is 5.97 Å². The maximum atomic E-state index is 13.4. The normalized spacial score (nSPS) is 13.7. The van der Waals surface area contributed by atoms with Crippen LogP contribution >= 0.6 is 23.1 Å². The Kier molecular flexibility index (Phi) is 6.30. The summed E-state index contributed by atoms with van der Waals surface area (Å²) in [4.78, 5) is 34.2. The van der Waals surface area contributed by atoms with Gasteiger partial charge in [-0.2, -0.15) is 0 Å². The van der Waals surface area contributed by atoms with Crippen molar-refractivity contribution in [3.63, 3.8) is 0 Å². The van der Waals surface area contributed by atoms with Gasteiger partial charge in [0.2, 0.25) is 5.43 Å². The Labute approximate surface area is 199 Å². The van der Waals surface area contributed by atoms with E-state index in [-0.39, 0.29) is 17.2 Å². The summed E-state index contributed by atoms with van der Waals surface area (Å²) in [7, 11) is 1.37. The van der Waals surface area contributed by atoms with E-state index in [4.69, 9.17) is 9.72 Å². The molecule has 0 bridgehead atoms. The number of carbonyl (C=O) groups excluding carboxylic acids is 1. The van der Waals surface area contributed by atoms with E-state index in [1.165, 1.54) is 24.4 Å². The molecule has 0 unspecified atom stereocenters. The first-order valence-corrected chi connectivity index (χ1v) is 12.5. The van der Waals surface area contributed by atoms with Crippen LogP contribution < -0.4 is 5.43 Å². The number of thioether (sulfide) groups is 1. The largest absolute Gasteiger partial charge is 0.468 e. The molecule has 33 heavy (non-hydrogen) atoms. The summed E-state index contributed by atoms with van der Waals surface area (Å²) < 4.78 is 6.79. The van der Waals surface area contributed by atoms with E-state index >= 15 is 0 Å². The van der Waals surface area contributed by atoms with Crippen molar-refractivity contribution in [3.05, 3.63) is 86.9 Å². The minimum Gasteiger partial charge on any atom is -0.468 e. The number of imidazole rings is 1. The predicted octanol–water partition coefficient (Wildman–Crippen LogP) is 4.27. The van der Waals surface area contributed by atoms with E-state index in [2.05, 4.69) is 29.2 Å². The molecule has 0 N–H and O–H groups in total. The van der Waals surface area contributed by atoms with Crippen LogP contribution in [0.25, 0.3) is 16.0 Å². The third-order valence-corrected chi connectivity index (χ3v) is 7.81. The summed E-state index contributed by atoms with van der Waals surface area (Å²) in [6.45, 7) is 2.45. The highest BCUT2D eigenvalue weighted by molar-refractivity contribution is 7.99. The van der Waals surface area contributed by atoms with Gasteiger partial charge in [0.05, 0.1) is 12.9 Å². The maximum Gasteiger partial charge on any atom is 0.316 e. The molecule has 1 aliphatic heterocycles. The summed E-state index contributed by atoms with van der Waals surface area (Å²) in [6, 6.07) is 20.3. The molecule has 168 valence electrons. The lowest BCUT2D eigenvalue weighted by Crippen LogP contribution is -2.32. The highest BCUT2D eigenvalue weighted by Gasteiger charge is 2.25. The van der Waals surface area contributed by atoms with Gasteiger partial charge in [0.15, 0.2) is 5.16 Å². The van der Waals surface area contributed by atoms with Crippen molar-refractivity contribution in [2.45, 2.75) is 24.7 Å². The topological polar surface area (TPSA) is 64.4 Å². The number of methoxy groups -OCH3 is 1. The molecule has 5 rings (SSSR count). The fraction of sp³-hybridized carbons (Fsp3) is 0.240. The monoisotopic (exact) mass is 477 g/mol. The third kappa shape index (κ3) is 4.46. The highest BCUT2D eigenvalue weighted by atomic mass is 32.2. The minimum absolute atomic E-state index is 0.00714. The molecule has 1 aliphatic rings. The lowest BCUT2D eigenvalue weighted by Gasteiger charge is -2.27. The van der Waals surface area contributed by atoms with Crippen molar-refractivity contribution in [2.75, 3.05) is 19.4 Å². The first kappa shape index (κ1) is 21.9. The molecule has 4 aromatic rings. The number of rotatable bonds is 6. The van der Waals surface area contributed by atoms with Gasteiger partial charge in [0, 0.05) is 35.8 Å². The van der Waals surface area contributed by atoms with Crippen molar-refractivity contribution >= 4 is 39.4 Å². The van der Waals surface area contributed by atoms with Gasteiger partial charge in [-0.3, -0.25) is 19.1 Å². The zero-order valence-electron chi connectivity index (χ0n) is 18.2. The minimum atomic E-state index is -0.325. The predicted molar refractivity (Wildman–Crippen MR) is 132 cm³/mol. The van der Waals surface area contributed by atoms with Crippen LogP contribution in [0.15, 0.2) is 70.6 Å². The van der Waals surface area contributed by atoms with Crippen LogP contribution in [-0.4, -0.2) is 39.8 Å². The summed E-state index contributed by atoms with van der Waals surface area (Å²) in [5.74, 6) is -0.190. The summed E-state index contributed by atoms with van der Waals surface area (Å²) in [6.07, 6.45) is 0.719. The zero-order chi connectivity index (χ0) is 22.8. The van der Waals surface area contributed by atoms with Crippen LogP contribution in [0.3, 0.4) is 0 Å². The number of para-hydroxylation sites is 1. The number of fused-ring (bicyclic) bond motifs is 2. The van der Waals surface area contributed by atoms with Gasteiger partial charge in [-0.15, -0.1) is 11.3 Å². The SMILES string of the molecule is COC(=O)CSc1nc2c(=O)c3c(sc2n1-c1ccccc1)CN(Cc1ccccc1)CC3. The molecule has 0 atom stereocenters. The number of hydrogen-bond acceptors (Lipinski definition) is 7. The molecule has 6 nitrogen and oxygen atoms in total. The van der Waals surface area contributed by atoms with Crippen molar-refractivity contribution in [3.8, 4) is 5.69 Å². The quantitative estimate of drug-likeness (QED) is 0.305. The number of ether oxygens (including phenoxy) is 1. The molecule has 3 heterocycles. The second kappa shape index (κ2) is 9.51. The molecular formula is C25H23N3O3S2. The van der Waals surface area contributed by atoms with E-state index in [0.717, 1.165) is 47.0 Å². The maximum absolute atomic E-state index is 13.4. The van der Waals surface area contributed by atoms with E-state index in [0.29, 0.717) is 10.7 Å². The van der Waals surface area contributed by atoms with E-state index in [1.807, 2.05) is 41.0 Å². The molecule has 0 amide bonds. The number of esters is 1. The van der Waals surface area contributed by atoms with Crippen LogP contribution in [0.1, 0.15) is 16.0 Å². The average molecular weight is 478 g/mol. The van der Waals surface area contributed by atoms with Crippen molar-refractivity contribution < 1.29 is 9.53 Å². The summed E-state index contributed by atoms with van der Waals surface area (Å²) >= 11 is 2.92. The van der Waals surface area contributed by atoms with Crippen LogP contribution in [0, 0.1) is 0 Å². The zero-order valence-corrected chi connectivity index (χ0v) is 19.8. The molecule has 8 heteroatoms. The van der Waals surface area contributed by atoms with Crippen LogP contribution in [0.5, 0.6) is 0 Å². The van der Waals surface area contributed by atoms with E-state index in [1.54, 1.807) is 11.3 Å². The van der Waals surface area contributed by atoms with Crippen molar-refractivity contribution in [1.82, 2.24) is 14.5 Å². The molecule has 0 radical (unpaired) electrons. The Balaban J connectivity index is 1.57. The Hall–Kier alpha value is -2.94. The van der Waals surface area contributed by atoms with E-state index < -0.39 is 0 Å².